The Hall–Kier alpha value is -1.77. The molecule has 0 aromatic heterocycles. The van der Waals surface area contributed by atoms with Crippen LogP contribution in [0.2, 0.25) is 5.02 Å². The van der Waals surface area contributed by atoms with Crippen molar-refractivity contribution < 1.29 is 22.7 Å². The first-order valence-electron chi connectivity index (χ1n) is 10.3. The first kappa shape index (κ1) is 22.9. The predicted molar refractivity (Wildman–Crippen MR) is 118 cm³/mol. The van der Waals surface area contributed by atoms with E-state index in [-0.39, 0.29) is 23.5 Å². The fraction of sp³-hybridized carbons (Fsp3) is 0.571. The molecule has 30 heavy (non-hydrogen) atoms. The van der Waals surface area contributed by atoms with Crippen molar-refractivity contribution in [2.75, 3.05) is 38.3 Å². The molecular weight excluding hydrogens is 428 g/mol. The van der Waals surface area contributed by atoms with Crippen molar-refractivity contribution in [1.29, 1.82) is 0 Å². The Balaban J connectivity index is 1.68. The molecule has 0 bridgehead atoms. The molecule has 0 aliphatic carbocycles. The maximum atomic E-state index is 12.5. The van der Waals surface area contributed by atoms with Crippen LogP contribution < -0.4 is 14.8 Å². The summed E-state index contributed by atoms with van der Waals surface area (Å²) in [6.07, 6.45) is 6.00. The Bertz CT molecular complexity index is 897. The van der Waals surface area contributed by atoms with Crippen LogP contribution in [0.3, 0.4) is 0 Å². The highest BCUT2D eigenvalue weighted by atomic mass is 35.5. The molecule has 2 heterocycles. The van der Waals surface area contributed by atoms with Gasteiger partial charge in [-0.1, -0.05) is 18.5 Å². The molecule has 166 valence electrons. The summed E-state index contributed by atoms with van der Waals surface area (Å²) < 4.78 is 35.3. The van der Waals surface area contributed by atoms with Crippen LogP contribution >= 0.6 is 11.6 Å². The number of likely N-dealkylation sites (tertiary alicyclic amines) is 1. The van der Waals surface area contributed by atoms with Gasteiger partial charge in [0.25, 0.3) is 0 Å². The standard InChI is InChI=1S/C21H29ClN2O5S/c1-3-10-29-21-16(22)11-15(12-19(21)28-2)6-7-20(25)23-17-13-30(26,27)14-18(17)24-8-4-5-9-24/h6-7,11-12,17-18H,3-5,8-10,13-14H2,1-2H3,(H,23,25)/b7-6+. The first-order chi connectivity index (χ1) is 14.3. The van der Waals surface area contributed by atoms with Crippen LogP contribution in [-0.4, -0.2) is 69.6 Å². The van der Waals surface area contributed by atoms with Gasteiger partial charge in [0.15, 0.2) is 21.3 Å². The molecule has 1 aromatic rings. The molecule has 2 unspecified atom stereocenters. The minimum absolute atomic E-state index is 0.0170. The zero-order valence-electron chi connectivity index (χ0n) is 17.4. The van der Waals surface area contributed by atoms with Gasteiger partial charge in [-0.2, -0.15) is 0 Å². The first-order valence-corrected chi connectivity index (χ1v) is 12.5. The number of methoxy groups -OCH3 is 1. The quantitative estimate of drug-likeness (QED) is 0.605. The van der Waals surface area contributed by atoms with Gasteiger partial charge in [-0.3, -0.25) is 9.69 Å². The van der Waals surface area contributed by atoms with Crippen LogP contribution in [0.25, 0.3) is 6.08 Å². The van der Waals surface area contributed by atoms with Gasteiger partial charge < -0.3 is 14.8 Å². The summed E-state index contributed by atoms with van der Waals surface area (Å²) in [6.45, 7) is 4.29. The van der Waals surface area contributed by atoms with Crippen LogP contribution in [0.1, 0.15) is 31.7 Å². The third-order valence-corrected chi connectivity index (χ3v) is 7.39. The van der Waals surface area contributed by atoms with Crippen molar-refractivity contribution in [1.82, 2.24) is 10.2 Å². The zero-order chi connectivity index (χ0) is 21.7. The van der Waals surface area contributed by atoms with Gasteiger partial charge in [-0.05, 0) is 56.1 Å². The molecule has 2 aliphatic heterocycles. The number of halogens is 1. The van der Waals surface area contributed by atoms with Gasteiger partial charge in [0.05, 0.1) is 36.3 Å². The largest absolute Gasteiger partial charge is 0.493 e. The Morgan fingerprint density at radius 3 is 2.70 bits per heavy atom. The lowest BCUT2D eigenvalue weighted by molar-refractivity contribution is -0.117. The molecule has 7 nitrogen and oxygen atoms in total. The fourth-order valence-electron chi connectivity index (χ4n) is 3.98. The maximum Gasteiger partial charge on any atom is 0.244 e. The fourth-order valence-corrected chi connectivity index (χ4v) is 6.21. The van der Waals surface area contributed by atoms with E-state index in [4.69, 9.17) is 21.1 Å². The number of hydrogen-bond acceptors (Lipinski definition) is 6. The minimum Gasteiger partial charge on any atom is -0.493 e. The van der Waals surface area contributed by atoms with Gasteiger partial charge in [-0.25, -0.2) is 8.42 Å². The van der Waals surface area contributed by atoms with Crippen molar-refractivity contribution in [2.45, 2.75) is 38.3 Å². The number of rotatable bonds is 8. The van der Waals surface area contributed by atoms with E-state index in [2.05, 4.69) is 10.2 Å². The number of carbonyl (C=O) groups excluding carboxylic acids is 1. The highest BCUT2D eigenvalue weighted by molar-refractivity contribution is 7.91. The van der Waals surface area contributed by atoms with Crippen molar-refractivity contribution in [2.24, 2.45) is 0 Å². The van der Waals surface area contributed by atoms with Crippen molar-refractivity contribution in [3.05, 3.63) is 28.8 Å². The molecule has 9 heteroatoms. The number of ether oxygens (including phenoxy) is 2. The molecule has 0 spiro atoms. The Morgan fingerprint density at radius 2 is 2.03 bits per heavy atom. The molecule has 1 aromatic carbocycles. The monoisotopic (exact) mass is 456 g/mol. The van der Waals surface area contributed by atoms with Crippen LogP contribution in [0.4, 0.5) is 0 Å². The van der Waals surface area contributed by atoms with E-state index in [1.54, 1.807) is 18.2 Å². The molecule has 2 fully saturated rings. The van der Waals surface area contributed by atoms with E-state index >= 15 is 0 Å². The van der Waals surface area contributed by atoms with Crippen LogP contribution in [0.5, 0.6) is 11.5 Å². The maximum absolute atomic E-state index is 12.5. The lowest BCUT2D eigenvalue weighted by Gasteiger charge is -2.28. The summed E-state index contributed by atoms with van der Waals surface area (Å²) in [4.78, 5) is 14.7. The van der Waals surface area contributed by atoms with Gasteiger partial charge in [0, 0.05) is 12.1 Å². The summed E-state index contributed by atoms with van der Waals surface area (Å²) in [5.74, 6) is 0.729. The molecule has 1 amide bonds. The van der Waals surface area contributed by atoms with Gasteiger partial charge in [-0.15, -0.1) is 0 Å². The normalized spacial score (nSPS) is 23.7. The Kier molecular flexibility index (Phi) is 7.65. The molecule has 2 atom stereocenters. The zero-order valence-corrected chi connectivity index (χ0v) is 19.0. The Labute approximate surface area is 183 Å². The summed E-state index contributed by atoms with van der Waals surface area (Å²) in [5, 5.41) is 3.28. The third-order valence-electron chi connectivity index (χ3n) is 5.39. The van der Waals surface area contributed by atoms with Crippen LogP contribution in [0.15, 0.2) is 18.2 Å². The number of benzene rings is 1. The van der Waals surface area contributed by atoms with Gasteiger partial charge in [0.2, 0.25) is 5.91 Å². The SMILES string of the molecule is CCCOc1c(Cl)cc(/C=C/C(=O)NC2CS(=O)(=O)CC2N2CCCC2)cc1OC. The Morgan fingerprint density at radius 1 is 1.30 bits per heavy atom. The number of nitrogens with zero attached hydrogens (tertiary/aromatic N) is 1. The number of sulfone groups is 1. The summed E-state index contributed by atoms with van der Waals surface area (Å²) in [6, 6.07) is 2.90. The smallest absolute Gasteiger partial charge is 0.244 e. The van der Waals surface area contributed by atoms with Crippen LogP contribution in [0, 0.1) is 0 Å². The number of hydrogen-bond donors (Lipinski definition) is 1. The highest BCUT2D eigenvalue weighted by Gasteiger charge is 2.42. The van der Waals surface area contributed by atoms with Crippen LogP contribution in [-0.2, 0) is 14.6 Å². The van der Waals surface area contributed by atoms with E-state index in [0.29, 0.717) is 28.7 Å². The molecule has 0 radical (unpaired) electrons. The number of amides is 1. The van der Waals surface area contributed by atoms with Crippen molar-refractivity contribution in [3.63, 3.8) is 0 Å². The summed E-state index contributed by atoms with van der Waals surface area (Å²) >= 11 is 6.31. The molecule has 2 aliphatic rings. The number of nitrogens with one attached hydrogen (secondary N) is 1. The second-order valence-corrected chi connectivity index (χ2v) is 10.3. The lowest BCUT2D eigenvalue weighted by atomic mass is 10.1. The van der Waals surface area contributed by atoms with Crippen molar-refractivity contribution in [3.8, 4) is 11.5 Å². The lowest BCUT2D eigenvalue weighted by Crippen LogP contribution is -2.49. The molecule has 0 saturated carbocycles. The molecule has 3 rings (SSSR count). The summed E-state index contributed by atoms with van der Waals surface area (Å²) in [5.41, 5.74) is 0.686. The van der Waals surface area contributed by atoms with E-state index in [0.717, 1.165) is 32.4 Å². The van der Waals surface area contributed by atoms with E-state index < -0.39 is 15.9 Å². The number of carbonyl (C=O) groups is 1. The van der Waals surface area contributed by atoms with Gasteiger partial charge >= 0.3 is 0 Å². The minimum atomic E-state index is -3.15. The second kappa shape index (κ2) is 10.0. The van der Waals surface area contributed by atoms with E-state index in [1.165, 1.54) is 13.2 Å². The average Bonchev–Trinajstić information content (AvgIpc) is 3.32. The van der Waals surface area contributed by atoms with Gasteiger partial charge in [0.1, 0.15) is 0 Å². The van der Waals surface area contributed by atoms with Crippen molar-refractivity contribution >= 4 is 33.4 Å². The topological polar surface area (TPSA) is 84.9 Å². The highest BCUT2D eigenvalue weighted by Crippen LogP contribution is 2.36. The van der Waals surface area contributed by atoms with E-state index in [9.17, 15) is 13.2 Å². The predicted octanol–water partition coefficient (Wildman–Crippen LogP) is 2.53. The average molecular weight is 457 g/mol. The third kappa shape index (κ3) is 5.68. The second-order valence-electron chi connectivity index (χ2n) is 7.72. The molecule has 1 N–H and O–H groups in total. The molecular formula is C21H29ClN2O5S. The summed E-state index contributed by atoms with van der Waals surface area (Å²) in [7, 11) is -1.62. The molecule has 2 saturated heterocycles. The van der Waals surface area contributed by atoms with E-state index in [1.807, 2.05) is 6.92 Å².